The van der Waals surface area contributed by atoms with Gasteiger partial charge < -0.3 is 14.3 Å². The van der Waals surface area contributed by atoms with Crippen LogP contribution in [0.25, 0.3) is 22.5 Å². The molecule has 1 saturated heterocycles. The van der Waals surface area contributed by atoms with Crippen LogP contribution in [0.3, 0.4) is 0 Å². The molecule has 31 heavy (non-hydrogen) atoms. The standard InChI is InChI=1S/C25H24N4O2/c30-25(21-12-7-17-31-21)29-15-13-28(14-16-29)18-22-26-23(19-8-3-1-4-9-19)24(27-22)20-10-5-2-6-11-20/h1-12,17H,13-16,18H2,(H,26,27). The molecule has 0 saturated carbocycles. The zero-order valence-electron chi connectivity index (χ0n) is 17.2. The van der Waals surface area contributed by atoms with E-state index < -0.39 is 0 Å². The molecule has 5 rings (SSSR count). The van der Waals surface area contributed by atoms with Gasteiger partial charge in [-0.3, -0.25) is 9.69 Å². The Kier molecular flexibility index (Phi) is 5.37. The molecule has 1 N–H and O–H groups in total. The minimum atomic E-state index is -0.0413. The number of rotatable bonds is 5. The molecule has 1 amide bonds. The third-order valence-electron chi connectivity index (χ3n) is 5.63. The number of piperazine rings is 1. The lowest BCUT2D eigenvalue weighted by Crippen LogP contribution is -2.48. The number of aromatic nitrogens is 2. The van der Waals surface area contributed by atoms with Crippen molar-refractivity contribution in [3.63, 3.8) is 0 Å². The lowest BCUT2D eigenvalue weighted by atomic mass is 10.1. The van der Waals surface area contributed by atoms with Gasteiger partial charge in [0.2, 0.25) is 0 Å². The Balaban J connectivity index is 1.32. The summed E-state index contributed by atoms with van der Waals surface area (Å²) in [6.45, 7) is 3.67. The van der Waals surface area contributed by atoms with Gasteiger partial charge in [0.1, 0.15) is 5.82 Å². The van der Waals surface area contributed by atoms with E-state index in [1.165, 1.54) is 6.26 Å². The van der Waals surface area contributed by atoms with Gasteiger partial charge >= 0.3 is 0 Å². The number of H-pyrrole nitrogens is 1. The maximum atomic E-state index is 12.5. The zero-order chi connectivity index (χ0) is 21.0. The number of carbonyl (C=O) groups excluding carboxylic acids is 1. The van der Waals surface area contributed by atoms with Crippen molar-refractivity contribution in [1.29, 1.82) is 0 Å². The minimum Gasteiger partial charge on any atom is -0.459 e. The van der Waals surface area contributed by atoms with E-state index in [9.17, 15) is 4.79 Å². The number of nitrogens with one attached hydrogen (secondary N) is 1. The van der Waals surface area contributed by atoms with Crippen LogP contribution in [0.1, 0.15) is 16.4 Å². The first-order chi connectivity index (χ1) is 15.3. The van der Waals surface area contributed by atoms with Gasteiger partial charge in [-0.1, -0.05) is 60.7 Å². The van der Waals surface area contributed by atoms with Gasteiger partial charge in [0.05, 0.1) is 24.2 Å². The minimum absolute atomic E-state index is 0.0413. The molecule has 0 spiro atoms. The quantitative estimate of drug-likeness (QED) is 0.531. The molecule has 6 nitrogen and oxygen atoms in total. The SMILES string of the molecule is O=C(c1ccco1)N1CCN(Cc2nc(-c3ccccc3)c(-c3ccccc3)[nH]2)CC1. The highest BCUT2D eigenvalue weighted by Gasteiger charge is 2.24. The molecule has 2 aromatic heterocycles. The predicted octanol–water partition coefficient (Wildman–Crippen LogP) is 4.29. The summed E-state index contributed by atoms with van der Waals surface area (Å²) in [5.74, 6) is 1.29. The topological polar surface area (TPSA) is 65.4 Å². The van der Waals surface area contributed by atoms with Crippen molar-refractivity contribution in [3.8, 4) is 22.5 Å². The van der Waals surface area contributed by atoms with Crippen molar-refractivity contribution >= 4 is 5.91 Å². The Morgan fingerprint density at radius 1 is 0.871 bits per heavy atom. The molecule has 156 valence electrons. The third-order valence-corrected chi connectivity index (χ3v) is 5.63. The van der Waals surface area contributed by atoms with Crippen molar-refractivity contribution in [2.45, 2.75) is 6.54 Å². The second-order valence-corrected chi connectivity index (χ2v) is 7.68. The highest BCUT2D eigenvalue weighted by atomic mass is 16.3. The molecule has 0 atom stereocenters. The van der Waals surface area contributed by atoms with Crippen LogP contribution in [-0.2, 0) is 6.54 Å². The first kappa shape index (κ1) is 19.3. The molecule has 1 fully saturated rings. The molecular weight excluding hydrogens is 388 g/mol. The average Bonchev–Trinajstić information content (AvgIpc) is 3.51. The maximum Gasteiger partial charge on any atom is 0.289 e. The number of carbonyl (C=O) groups is 1. The second-order valence-electron chi connectivity index (χ2n) is 7.68. The van der Waals surface area contributed by atoms with Crippen LogP contribution < -0.4 is 0 Å². The zero-order valence-corrected chi connectivity index (χ0v) is 17.2. The van der Waals surface area contributed by atoms with Gasteiger partial charge in [-0.15, -0.1) is 0 Å². The number of hydrogen-bond acceptors (Lipinski definition) is 4. The maximum absolute atomic E-state index is 12.5. The summed E-state index contributed by atoms with van der Waals surface area (Å²) in [6, 6.07) is 24.0. The number of benzene rings is 2. The first-order valence-corrected chi connectivity index (χ1v) is 10.5. The summed E-state index contributed by atoms with van der Waals surface area (Å²) < 4.78 is 5.25. The third kappa shape index (κ3) is 4.15. The first-order valence-electron chi connectivity index (χ1n) is 10.5. The lowest BCUT2D eigenvalue weighted by molar-refractivity contribution is 0.0595. The van der Waals surface area contributed by atoms with E-state index in [-0.39, 0.29) is 5.91 Å². The van der Waals surface area contributed by atoms with Gasteiger partial charge in [0.15, 0.2) is 5.76 Å². The Labute approximate surface area is 181 Å². The van der Waals surface area contributed by atoms with Gasteiger partial charge in [0, 0.05) is 37.3 Å². The summed E-state index contributed by atoms with van der Waals surface area (Å²) >= 11 is 0. The monoisotopic (exact) mass is 412 g/mol. The summed E-state index contributed by atoms with van der Waals surface area (Å²) in [7, 11) is 0. The predicted molar refractivity (Wildman–Crippen MR) is 119 cm³/mol. The van der Waals surface area contributed by atoms with Gasteiger partial charge in [-0.05, 0) is 12.1 Å². The van der Waals surface area contributed by atoms with Crippen molar-refractivity contribution in [2.24, 2.45) is 0 Å². The van der Waals surface area contributed by atoms with Gasteiger partial charge in [-0.25, -0.2) is 4.98 Å². The highest BCUT2D eigenvalue weighted by Crippen LogP contribution is 2.30. The van der Waals surface area contributed by atoms with Crippen LogP contribution >= 0.6 is 0 Å². The molecule has 1 aliphatic rings. The summed E-state index contributed by atoms with van der Waals surface area (Å²) in [6.07, 6.45) is 1.54. The van der Waals surface area contributed by atoms with Crippen molar-refractivity contribution < 1.29 is 9.21 Å². The molecule has 2 aromatic carbocycles. The summed E-state index contributed by atoms with van der Waals surface area (Å²) in [5, 5.41) is 0. The number of furan rings is 1. The largest absolute Gasteiger partial charge is 0.459 e. The van der Waals surface area contributed by atoms with Crippen molar-refractivity contribution in [1.82, 2.24) is 19.8 Å². The molecule has 0 unspecified atom stereocenters. The van der Waals surface area contributed by atoms with Crippen LogP contribution in [0.5, 0.6) is 0 Å². The molecule has 1 aliphatic heterocycles. The van der Waals surface area contributed by atoms with Gasteiger partial charge in [0.25, 0.3) is 5.91 Å². The van der Waals surface area contributed by atoms with E-state index >= 15 is 0 Å². The lowest BCUT2D eigenvalue weighted by Gasteiger charge is -2.33. The number of nitrogens with zero attached hydrogens (tertiary/aromatic N) is 3. The van der Waals surface area contributed by atoms with Crippen LogP contribution in [-0.4, -0.2) is 51.9 Å². The van der Waals surface area contributed by atoms with Crippen LogP contribution in [0.2, 0.25) is 0 Å². The molecule has 4 aromatic rings. The number of hydrogen-bond donors (Lipinski definition) is 1. The fraction of sp³-hybridized carbons (Fsp3) is 0.200. The highest BCUT2D eigenvalue weighted by molar-refractivity contribution is 5.91. The molecule has 6 heteroatoms. The Morgan fingerprint density at radius 3 is 2.19 bits per heavy atom. The normalized spacial score (nSPS) is 14.6. The summed E-state index contributed by atoms with van der Waals surface area (Å²) in [4.78, 5) is 25.2. The number of aromatic amines is 1. The Bertz CT molecular complexity index is 1070. The smallest absolute Gasteiger partial charge is 0.289 e. The van der Waals surface area contributed by atoms with Crippen molar-refractivity contribution in [2.75, 3.05) is 26.2 Å². The number of imidazole rings is 1. The van der Waals surface area contributed by atoms with Crippen LogP contribution in [0.15, 0.2) is 83.5 Å². The average molecular weight is 412 g/mol. The van der Waals surface area contributed by atoms with E-state index in [1.54, 1.807) is 12.1 Å². The van der Waals surface area contributed by atoms with Crippen molar-refractivity contribution in [3.05, 3.63) is 90.6 Å². The molecule has 3 heterocycles. The Morgan fingerprint density at radius 2 is 1.55 bits per heavy atom. The Hall–Kier alpha value is -3.64. The van der Waals surface area contributed by atoms with E-state index in [0.717, 1.165) is 48.0 Å². The van der Waals surface area contributed by atoms with E-state index in [0.29, 0.717) is 18.8 Å². The van der Waals surface area contributed by atoms with Crippen LogP contribution in [0, 0.1) is 0 Å². The van der Waals surface area contributed by atoms with E-state index in [1.807, 2.05) is 41.3 Å². The molecule has 0 radical (unpaired) electrons. The van der Waals surface area contributed by atoms with E-state index in [4.69, 9.17) is 9.40 Å². The fourth-order valence-corrected chi connectivity index (χ4v) is 3.99. The summed E-state index contributed by atoms with van der Waals surface area (Å²) in [5.41, 5.74) is 4.22. The number of amides is 1. The molecule has 0 aliphatic carbocycles. The molecular formula is C25H24N4O2. The fourth-order valence-electron chi connectivity index (χ4n) is 3.99. The molecule has 0 bridgehead atoms. The van der Waals surface area contributed by atoms with Gasteiger partial charge in [-0.2, -0.15) is 0 Å². The van der Waals surface area contributed by atoms with E-state index in [2.05, 4.69) is 34.1 Å². The second kappa shape index (κ2) is 8.62. The van der Waals surface area contributed by atoms with Crippen LogP contribution in [0.4, 0.5) is 0 Å².